The number of hydrogen-bond donors (Lipinski definition) is 1. The van der Waals surface area contributed by atoms with Gasteiger partial charge in [0.15, 0.2) is 0 Å². The maximum Gasteiger partial charge on any atom is 0.245 e. The van der Waals surface area contributed by atoms with E-state index in [1.807, 2.05) is 0 Å². The van der Waals surface area contributed by atoms with E-state index in [1.54, 1.807) is 7.05 Å². The van der Waals surface area contributed by atoms with E-state index in [-0.39, 0.29) is 15.3 Å². The summed E-state index contributed by atoms with van der Waals surface area (Å²) in [6.07, 6.45) is 3.72. The summed E-state index contributed by atoms with van der Waals surface area (Å²) in [6.45, 7) is 3.04. The van der Waals surface area contributed by atoms with Gasteiger partial charge in [-0.25, -0.2) is 8.42 Å². The Kier molecular flexibility index (Phi) is 5.96. The average molecular weight is 371 g/mol. The Balaban J connectivity index is 2.09. The summed E-state index contributed by atoms with van der Waals surface area (Å²) in [4.78, 5) is 0.121. The lowest BCUT2D eigenvalue weighted by molar-refractivity contribution is 0.251. The van der Waals surface area contributed by atoms with Crippen molar-refractivity contribution in [2.75, 3.05) is 13.6 Å². The van der Waals surface area contributed by atoms with Crippen molar-refractivity contribution in [3.05, 3.63) is 14.7 Å². The fourth-order valence-electron chi connectivity index (χ4n) is 2.78. The lowest BCUT2D eigenvalue weighted by Gasteiger charge is -2.34. The molecule has 21 heavy (non-hydrogen) atoms. The second-order valence-corrected chi connectivity index (χ2v) is 9.52. The van der Waals surface area contributed by atoms with E-state index in [4.69, 9.17) is 23.2 Å². The molecule has 1 saturated carbocycles. The van der Waals surface area contributed by atoms with Gasteiger partial charge in [-0.1, -0.05) is 30.1 Å². The molecule has 1 aromatic rings. The monoisotopic (exact) mass is 370 g/mol. The van der Waals surface area contributed by atoms with Gasteiger partial charge in [-0.2, -0.15) is 4.31 Å². The first-order valence-electron chi connectivity index (χ1n) is 7.02. The van der Waals surface area contributed by atoms with Crippen LogP contribution in [0.5, 0.6) is 0 Å². The summed E-state index contributed by atoms with van der Waals surface area (Å²) in [6, 6.07) is 1.96. The Morgan fingerprint density at radius 1 is 1.33 bits per heavy atom. The summed E-state index contributed by atoms with van der Waals surface area (Å²) in [7, 11) is -1.94. The molecule has 1 N–H and O–H groups in total. The highest BCUT2D eigenvalue weighted by molar-refractivity contribution is 7.89. The second kappa shape index (κ2) is 7.15. The van der Waals surface area contributed by atoms with Crippen LogP contribution in [0.25, 0.3) is 0 Å². The molecule has 0 atom stereocenters. The minimum Gasteiger partial charge on any atom is -0.314 e. The number of sulfonamides is 1. The predicted molar refractivity (Wildman–Crippen MR) is 89.0 cm³/mol. The maximum absolute atomic E-state index is 12.6. The highest BCUT2D eigenvalue weighted by Gasteiger charge is 2.33. The quantitative estimate of drug-likeness (QED) is 0.861. The zero-order chi connectivity index (χ0) is 15.6. The van der Waals surface area contributed by atoms with Gasteiger partial charge in [0.25, 0.3) is 0 Å². The molecule has 1 heterocycles. The van der Waals surface area contributed by atoms with Crippen LogP contribution in [0, 0.1) is 0 Å². The highest BCUT2D eigenvalue weighted by atomic mass is 35.5. The Bertz CT molecular complexity index is 581. The van der Waals surface area contributed by atoms with Crippen LogP contribution >= 0.6 is 34.5 Å². The molecule has 0 radical (unpaired) electrons. The van der Waals surface area contributed by atoms with E-state index in [0.717, 1.165) is 43.6 Å². The molecular weight excluding hydrogens is 351 g/mol. The number of halogens is 2. The first-order valence-corrected chi connectivity index (χ1v) is 10.0. The number of nitrogens with zero attached hydrogens (tertiary/aromatic N) is 1. The van der Waals surface area contributed by atoms with E-state index in [0.29, 0.717) is 10.4 Å². The van der Waals surface area contributed by atoms with Crippen LogP contribution in [0.2, 0.25) is 8.67 Å². The Hall–Kier alpha value is 0.150. The Labute approximate surface area is 140 Å². The van der Waals surface area contributed by atoms with Gasteiger partial charge in [0, 0.05) is 19.1 Å². The number of hydrogen-bond acceptors (Lipinski definition) is 4. The van der Waals surface area contributed by atoms with Crippen LogP contribution in [0.1, 0.15) is 32.6 Å². The molecule has 0 aliphatic heterocycles. The van der Waals surface area contributed by atoms with Crippen molar-refractivity contribution >= 4 is 44.6 Å². The maximum atomic E-state index is 12.6. The van der Waals surface area contributed by atoms with Crippen LogP contribution in [0.15, 0.2) is 11.0 Å². The summed E-state index contributed by atoms with van der Waals surface area (Å²) in [5.41, 5.74) is 0. The van der Waals surface area contributed by atoms with Crippen molar-refractivity contribution in [2.45, 2.75) is 49.6 Å². The zero-order valence-corrected chi connectivity index (χ0v) is 15.2. The molecule has 120 valence electrons. The number of thiophene rings is 1. The van der Waals surface area contributed by atoms with Crippen molar-refractivity contribution in [1.82, 2.24) is 9.62 Å². The summed E-state index contributed by atoms with van der Waals surface area (Å²) in [5, 5.41) is 3.42. The number of rotatable bonds is 5. The van der Waals surface area contributed by atoms with Crippen molar-refractivity contribution < 1.29 is 8.42 Å². The molecular formula is C13H20Cl2N2O2S2. The molecule has 4 nitrogen and oxygen atoms in total. The van der Waals surface area contributed by atoms with Gasteiger partial charge >= 0.3 is 0 Å². The average Bonchev–Trinajstić information content (AvgIpc) is 2.79. The largest absolute Gasteiger partial charge is 0.314 e. The molecule has 0 amide bonds. The lowest BCUT2D eigenvalue weighted by atomic mass is 9.91. The fourth-order valence-corrected chi connectivity index (χ4v) is 6.31. The van der Waals surface area contributed by atoms with E-state index in [1.165, 1.54) is 10.4 Å². The van der Waals surface area contributed by atoms with Crippen LogP contribution in [-0.4, -0.2) is 38.4 Å². The molecule has 8 heteroatoms. The van der Waals surface area contributed by atoms with Gasteiger partial charge in [0.1, 0.15) is 9.23 Å². The zero-order valence-electron chi connectivity index (χ0n) is 12.1. The van der Waals surface area contributed by atoms with E-state index in [2.05, 4.69) is 12.2 Å². The van der Waals surface area contributed by atoms with Gasteiger partial charge < -0.3 is 5.32 Å². The van der Waals surface area contributed by atoms with Crippen molar-refractivity contribution in [1.29, 1.82) is 0 Å². The van der Waals surface area contributed by atoms with Crippen LogP contribution < -0.4 is 5.32 Å². The van der Waals surface area contributed by atoms with Crippen LogP contribution in [0.4, 0.5) is 0 Å². The van der Waals surface area contributed by atoms with E-state index < -0.39 is 10.0 Å². The van der Waals surface area contributed by atoms with Gasteiger partial charge in [0.05, 0.1) is 4.34 Å². The summed E-state index contributed by atoms with van der Waals surface area (Å²) < 4.78 is 27.4. The molecule has 1 fully saturated rings. The fraction of sp³-hybridized carbons (Fsp3) is 0.692. The molecule has 0 aromatic carbocycles. The molecule has 0 unspecified atom stereocenters. The topological polar surface area (TPSA) is 49.4 Å². The summed E-state index contributed by atoms with van der Waals surface area (Å²) in [5.74, 6) is 0. The third kappa shape index (κ3) is 3.92. The molecule has 0 bridgehead atoms. The molecule has 1 aromatic heterocycles. The Morgan fingerprint density at radius 3 is 2.43 bits per heavy atom. The first-order chi connectivity index (χ1) is 9.86. The smallest absolute Gasteiger partial charge is 0.245 e. The van der Waals surface area contributed by atoms with Crippen molar-refractivity contribution in [2.24, 2.45) is 0 Å². The SMILES string of the molecule is CCNC1CCC(N(C)S(=O)(=O)c2cc(Cl)sc2Cl)CC1. The Morgan fingerprint density at radius 2 is 1.95 bits per heavy atom. The summed E-state index contributed by atoms with van der Waals surface area (Å²) >= 11 is 12.9. The predicted octanol–water partition coefficient (Wildman–Crippen LogP) is 3.60. The van der Waals surface area contributed by atoms with Crippen LogP contribution in [0.3, 0.4) is 0 Å². The number of nitrogens with one attached hydrogen (secondary N) is 1. The minimum absolute atomic E-state index is 0.0275. The van der Waals surface area contributed by atoms with Crippen molar-refractivity contribution in [3.8, 4) is 0 Å². The van der Waals surface area contributed by atoms with Gasteiger partial charge in [-0.15, -0.1) is 11.3 Å². The van der Waals surface area contributed by atoms with Gasteiger partial charge in [-0.3, -0.25) is 0 Å². The van der Waals surface area contributed by atoms with Crippen LogP contribution in [-0.2, 0) is 10.0 Å². The minimum atomic E-state index is -3.57. The molecule has 0 saturated heterocycles. The first kappa shape index (κ1) is 17.5. The second-order valence-electron chi connectivity index (χ2n) is 5.27. The van der Waals surface area contributed by atoms with Gasteiger partial charge in [-0.05, 0) is 38.3 Å². The molecule has 1 aliphatic rings. The third-order valence-corrected chi connectivity index (χ3v) is 7.65. The lowest BCUT2D eigenvalue weighted by Crippen LogP contribution is -2.43. The van der Waals surface area contributed by atoms with E-state index >= 15 is 0 Å². The highest BCUT2D eigenvalue weighted by Crippen LogP contribution is 2.37. The molecule has 0 spiro atoms. The van der Waals surface area contributed by atoms with E-state index in [9.17, 15) is 8.42 Å². The third-order valence-electron chi connectivity index (χ3n) is 3.99. The van der Waals surface area contributed by atoms with Gasteiger partial charge in [0.2, 0.25) is 10.0 Å². The molecule has 2 rings (SSSR count). The van der Waals surface area contributed by atoms with Crippen molar-refractivity contribution in [3.63, 3.8) is 0 Å². The molecule has 1 aliphatic carbocycles. The normalized spacial score (nSPS) is 23.7. The standard InChI is InChI=1S/C13H20Cl2N2O2S2/c1-3-16-9-4-6-10(7-5-9)17(2)21(18,19)11-8-12(14)20-13(11)15/h8-10,16H,3-7H2,1-2H3.